The standard InChI is InChI=1S/C20H21FN2O4/c1-2-27-19(25)11-8-14-6-9-17(10-7-14)23-20(26)22-13-18(24)15-4-3-5-16(21)12-15/h3-12,18,24H,2,13H2,1H3,(H2,22,23,26)/b11-8+/t18-/m0/s1. The second-order valence-corrected chi connectivity index (χ2v) is 5.61. The first-order valence-corrected chi connectivity index (χ1v) is 8.41. The molecule has 142 valence electrons. The number of esters is 1. The molecule has 0 heterocycles. The second-order valence-electron chi connectivity index (χ2n) is 5.61. The second kappa shape index (κ2) is 10.1. The van der Waals surface area contributed by atoms with Crippen molar-refractivity contribution in [3.8, 4) is 0 Å². The van der Waals surface area contributed by atoms with E-state index in [2.05, 4.69) is 10.6 Å². The summed E-state index contributed by atoms with van der Waals surface area (Å²) in [6, 6.07) is 11.9. The Labute approximate surface area is 156 Å². The zero-order valence-electron chi connectivity index (χ0n) is 14.8. The minimum absolute atomic E-state index is 0.0599. The maximum atomic E-state index is 13.1. The first-order valence-electron chi connectivity index (χ1n) is 8.41. The minimum Gasteiger partial charge on any atom is -0.463 e. The van der Waals surface area contributed by atoms with Crippen molar-refractivity contribution < 1.29 is 23.8 Å². The molecular weight excluding hydrogens is 351 g/mol. The van der Waals surface area contributed by atoms with Gasteiger partial charge in [-0.3, -0.25) is 0 Å². The quantitative estimate of drug-likeness (QED) is 0.514. The van der Waals surface area contributed by atoms with Crippen LogP contribution >= 0.6 is 0 Å². The van der Waals surface area contributed by atoms with Gasteiger partial charge in [-0.2, -0.15) is 0 Å². The van der Waals surface area contributed by atoms with E-state index in [-0.39, 0.29) is 6.54 Å². The lowest BCUT2D eigenvalue weighted by Gasteiger charge is -2.13. The molecule has 2 aromatic rings. The molecule has 0 unspecified atom stereocenters. The van der Waals surface area contributed by atoms with Crippen LogP contribution in [0.2, 0.25) is 0 Å². The van der Waals surface area contributed by atoms with Crippen LogP contribution in [-0.2, 0) is 9.53 Å². The zero-order valence-corrected chi connectivity index (χ0v) is 14.8. The van der Waals surface area contributed by atoms with Crippen molar-refractivity contribution in [2.45, 2.75) is 13.0 Å². The molecular formula is C20H21FN2O4. The van der Waals surface area contributed by atoms with E-state index < -0.39 is 23.9 Å². The molecule has 0 aliphatic rings. The Kier molecular flexibility index (Phi) is 7.51. The summed E-state index contributed by atoms with van der Waals surface area (Å²) < 4.78 is 17.9. The van der Waals surface area contributed by atoms with Gasteiger partial charge in [-0.1, -0.05) is 24.3 Å². The van der Waals surface area contributed by atoms with Crippen LogP contribution in [0.5, 0.6) is 0 Å². The molecule has 3 N–H and O–H groups in total. The van der Waals surface area contributed by atoms with Crippen molar-refractivity contribution in [1.29, 1.82) is 0 Å². The van der Waals surface area contributed by atoms with E-state index in [4.69, 9.17) is 4.74 Å². The molecule has 0 aliphatic heterocycles. The smallest absolute Gasteiger partial charge is 0.330 e. The van der Waals surface area contributed by atoms with E-state index in [0.717, 1.165) is 5.56 Å². The van der Waals surface area contributed by atoms with Crippen LogP contribution in [0.15, 0.2) is 54.6 Å². The highest BCUT2D eigenvalue weighted by molar-refractivity contribution is 5.90. The first kappa shape index (κ1) is 20.1. The number of aliphatic hydroxyl groups excluding tert-OH is 1. The fourth-order valence-electron chi connectivity index (χ4n) is 2.23. The Balaban J connectivity index is 1.82. The summed E-state index contributed by atoms with van der Waals surface area (Å²) in [6.45, 7) is 1.99. The number of halogens is 1. The molecule has 0 aliphatic carbocycles. The summed E-state index contributed by atoms with van der Waals surface area (Å²) in [7, 11) is 0. The molecule has 2 rings (SSSR count). The van der Waals surface area contributed by atoms with E-state index in [1.807, 2.05) is 0 Å². The van der Waals surface area contributed by atoms with E-state index >= 15 is 0 Å². The number of hydrogen-bond acceptors (Lipinski definition) is 4. The van der Waals surface area contributed by atoms with Gasteiger partial charge in [0.25, 0.3) is 0 Å². The van der Waals surface area contributed by atoms with Crippen molar-refractivity contribution in [1.82, 2.24) is 5.32 Å². The lowest BCUT2D eigenvalue weighted by molar-refractivity contribution is -0.137. The van der Waals surface area contributed by atoms with Gasteiger partial charge >= 0.3 is 12.0 Å². The Hall–Kier alpha value is -3.19. The van der Waals surface area contributed by atoms with Crippen molar-refractivity contribution in [3.05, 3.63) is 71.6 Å². The zero-order chi connectivity index (χ0) is 19.6. The van der Waals surface area contributed by atoms with Gasteiger partial charge in [0.15, 0.2) is 0 Å². The monoisotopic (exact) mass is 372 g/mol. The number of nitrogens with one attached hydrogen (secondary N) is 2. The largest absolute Gasteiger partial charge is 0.463 e. The van der Waals surface area contributed by atoms with Gasteiger partial charge in [-0.15, -0.1) is 0 Å². The molecule has 7 heteroatoms. The highest BCUT2D eigenvalue weighted by Gasteiger charge is 2.10. The molecule has 2 amide bonds. The normalized spacial score (nSPS) is 11.8. The maximum Gasteiger partial charge on any atom is 0.330 e. The molecule has 0 saturated heterocycles. The first-order chi connectivity index (χ1) is 13.0. The molecule has 0 spiro atoms. The van der Waals surface area contributed by atoms with E-state index in [1.54, 1.807) is 43.3 Å². The highest BCUT2D eigenvalue weighted by atomic mass is 19.1. The summed E-state index contributed by atoms with van der Waals surface area (Å²) in [5, 5.41) is 15.1. The number of hydrogen-bond donors (Lipinski definition) is 3. The van der Waals surface area contributed by atoms with Crippen molar-refractivity contribution >= 4 is 23.8 Å². The molecule has 1 atom stereocenters. The molecule has 0 saturated carbocycles. The molecule has 0 aromatic heterocycles. The number of carbonyl (C=O) groups excluding carboxylic acids is 2. The molecule has 6 nitrogen and oxygen atoms in total. The summed E-state index contributed by atoms with van der Waals surface area (Å²) in [5.41, 5.74) is 1.70. The lowest BCUT2D eigenvalue weighted by Crippen LogP contribution is -2.32. The highest BCUT2D eigenvalue weighted by Crippen LogP contribution is 2.14. The average molecular weight is 372 g/mol. The van der Waals surface area contributed by atoms with Gasteiger partial charge in [-0.05, 0) is 48.4 Å². The number of carbonyl (C=O) groups is 2. The van der Waals surface area contributed by atoms with Crippen molar-refractivity contribution in [3.63, 3.8) is 0 Å². The number of rotatable bonds is 7. The van der Waals surface area contributed by atoms with Gasteiger partial charge < -0.3 is 20.5 Å². The summed E-state index contributed by atoms with van der Waals surface area (Å²) in [5.74, 6) is -0.871. The van der Waals surface area contributed by atoms with E-state index in [9.17, 15) is 19.1 Å². The minimum atomic E-state index is -1.01. The Morgan fingerprint density at radius 3 is 2.63 bits per heavy atom. The number of urea groups is 1. The van der Waals surface area contributed by atoms with Gasteiger partial charge in [0.2, 0.25) is 0 Å². The fourth-order valence-corrected chi connectivity index (χ4v) is 2.23. The van der Waals surface area contributed by atoms with Crippen molar-refractivity contribution in [2.24, 2.45) is 0 Å². The van der Waals surface area contributed by atoms with E-state index in [1.165, 1.54) is 24.3 Å². The number of amides is 2. The predicted molar refractivity (Wildman–Crippen MR) is 100 cm³/mol. The average Bonchev–Trinajstić information content (AvgIpc) is 2.66. The van der Waals surface area contributed by atoms with Crippen LogP contribution in [0, 0.1) is 5.82 Å². The number of aliphatic hydroxyl groups is 1. The Morgan fingerprint density at radius 1 is 1.22 bits per heavy atom. The number of benzene rings is 2. The lowest BCUT2D eigenvalue weighted by atomic mass is 10.1. The maximum absolute atomic E-state index is 13.1. The Morgan fingerprint density at radius 2 is 1.96 bits per heavy atom. The van der Waals surface area contributed by atoms with Crippen LogP contribution in [0.3, 0.4) is 0 Å². The van der Waals surface area contributed by atoms with Crippen LogP contribution in [0.4, 0.5) is 14.9 Å². The van der Waals surface area contributed by atoms with Crippen LogP contribution in [0.1, 0.15) is 24.2 Å². The van der Waals surface area contributed by atoms with Gasteiger partial charge in [0.1, 0.15) is 5.82 Å². The van der Waals surface area contributed by atoms with Crippen LogP contribution in [0.25, 0.3) is 6.08 Å². The summed E-state index contributed by atoms with van der Waals surface area (Å²) in [4.78, 5) is 23.2. The number of ether oxygens (including phenoxy) is 1. The molecule has 0 fully saturated rings. The fraction of sp³-hybridized carbons (Fsp3) is 0.200. The third-order valence-corrected chi connectivity index (χ3v) is 3.56. The SMILES string of the molecule is CCOC(=O)/C=C/c1ccc(NC(=O)NC[C@H](O)c2cccc(F)c2)cc1. The van der Waals surface area contributed by atoms with Crippen LogP contribution in [-0.4, -0.2) is 30.3 Å². The Bertz CT molecular complexity index is 806. The topological polar surface area (TPSA) is 87.7 Å². The molecule has 0 radical (unpaired) electrons. The molecule has 2 aromatic carbocycles. The third kappa shape index (κ3) is 6.91. The predicted octanol–water partition coefficient (Wildman–Crippen LogP) is 3.26. The third-order valence-electron chi connectivity index (χ3n) is 3.56. The summed E-state index contributed by atoms with van der Waals surface area (Å²) in [6.07, 6.45) is 1.92. The molecule has 0 bridgehead atoms. The van der Waals surface area contributed by atoms with E-state index in [0.29, 0.717) is 17.9 Å². The van der Waals surface area contributed by atoms with Crippen LogP contribution < -0.4 is 10.6 Å². The number of anilines is 1. The van der Waals surface area contributed by atoms with Crippen molar-refractivity contribution in [2.75, 3.05) is 18.5 Å². The molecule has 27 heavy (non-hydrogen) atoms. The van der Waals surface area contributed by atoms with Gasteiger partial charge in [-0.25, -0.2) is 14.0 Å². The van der Waals surface area contributed by atoms with Gasteiger partial charge in [0, 0.05) is 18.3 Å². The summed E-state index contributed by atoms with van der Waals surface area (Å²) >= 11 is 0. The van der Waals surface area contributed by atoms with Gasteiger partial charge in [0.05, 0.1) is 12.7 Å².